The molecular formula is C77H76N4O. The fraction of sp³-hybridized carbons (Fsp3) is 0.234. The fourth-order valence-electron chi connectivity index (χ4n) is 12.0. The topological polar surface area (TPSA) is 33.5 Å². The summed E-state index contributed by atoms with van der Waals surface area (Å²) in [6, 6.07) is 73.2. The number of hydrogen-bond acceptors (Lipinski definition) is 4. The minimum atomic E-state index is -2.40. The lowest BCUT2D eigenvalue weighted by atomic mass is 9.76. The molecule has 0 amide bonds. The predicted octanol–water partition coefficient (Wildman–Crippen LogP) is 21.4. The van der Waals surface area contributed by atoms with Gasteiger partial charge < -0.3 is 14.5 Å². The van der Waals surface area contributed by atoms with Crippen LogP contribution in [0.5, 0.6) is 11.5 Å². The van der Waals surface area contributed by atoms with E-state index in [2.05, 4.69) is 255 Å². The number of nitrogens with zero attached hydrogens (tertiary/aromatic N) is 4. The third-order valence-electron chi connectivity index (χ3n) is 16.4. The van der Waals surface area contributed by atoms with Crippen molar-refractivity contribution in [1.82, 2.24) is 9.55 Å². The van der Waals surface area contributed by atoms with E-state index in [4.69, 9.17) is 13.8 Å². The number of rotatable bonds is 9. The maximum absolute atomic E-state index is 8.76. The Kier molecular flexibility index (Phi) is 12.5. The van der Waals surface area contributed by atoms with E-state index in [0.717, 1.165) is 44.4 Å². The maximum Gasteiger partial charge on any atom is 0.137 e. The van der Waals surface area contributed by atoms with Crippen molar-refractivity contribution in [2.75, 3.05) is 16.5 Å². The summed E-state index contributed by atoms with van der Waals surface area (Å²) < 4.78 is 35.3. The minimum Gasteiger partial charge on any atom is -0.457 e. The van der Waals surface area contributed by atoms with E-state index in [1.54, 1.807) is 12.3 Å². The molecule has 5 nitrogen and oxygen atoms in total. The molecule has 12 rings (SSSR count). The van der Waals surface area contributed by atoms with Crippen molar-refractivity contribution >= 4 is 44.6 Å². The van der Waals surface area contributed by atoms with Gasteiger partial charge in [-0.3, -0.25) is 4.57 Å². The standard InChI is InChI=1S/C77H76N4O/c1-50-42-72(78-48-65(50)52-34-37-54(38-35-52)74(2,3)4)81-68-31-20-18-29-61(68)62-41-39-58(47-71(62)81)82-57-27-23-26-56(46-57)79-49-80(70-33-22-21-32-69(70)79)73-63(59-28-17-19-30-66(59)76(8,9)10)44-55(75(5,6)7)45-64(73)60-40-36-53(43-67(60)77(11,12)13)51-24-15-14-16-25-51/h14-48H,49H2,1-13H3/i1D3. The summed E-state index contributed by atoms with van der Waals surface area (Å²) in [5, 5.41) is 2.04. The molecule has 3 heterocycles. The van der Waals surface area contributed by atoms with E-state index in [9.17, 15) is 0 Å². The average Bonchev–Trinajstić information content (AvgIpc) is 1.82. The molecule has 1 aliphatic rings. The molecule has 0 saturated carbocycles. The quantitative estimate of drug-likeness (QED) is 0.144. The lowest BCUT2D eigenvalue weighted by molar-refractivity contribution is 0.483. The molecular weight excluding hydrogens is 997 g/mol. The zero-order chi connectivity index (χ0) is 60.0. The van der Waals surface area contributed by atoms with E-state index >= 15 is 0 Å². The van der Waals surface area contributed by atoms with Crippen molar-refractivity contribution in [3.63, 3.8) is 0 Å². The molecule has 0 N–H and O–H groups in total. The van der Waals surface area contributed by atoms with Crippen molar-refractivity contribution < 1.29 is 8.85 Å². The number of anilines is 4. The van der Waals surface area contributed by atoms with Gasteiger partial charge in [-0.15, -0.1) is 0 Å². The Morgan fingerprint density at radius 3 is 1.72 bits per heavy atom. The Balaban J connectivity index is 0.969. The Morgan fingerprint density at radius 1 is 0.415 bits per heavy atom. The summed E-state index contributed by atoms with van der Waals surface area (Å²) >= 11 is 0. The number of fused-ring (bicyclic) bond motifs is 4. The summed E-state index contributed by atoms with van der Waals surface area (Å²) in [5.41, 5.74) is 19.5. The maximum atomic E-state index is 8.76. The molecule has 410 valence electrons. The zero-order valence-electron chi connectivity index (χ0n) is 52.6. The van der Waals surface area contributed by atoms with Crippen molar-refractivity contribution in [3.8, 4) is 61.8 Å². The Morgan fingerprint density at radius 2 is 1.02 bits per heavy atom. The Bertz CT molecular complexity index is 4340. The lowest BCUT2D eigenvalue weighted by Gasteiger charge is -2.33. The second-order valence-corrected chi connectivity index (χ2v) is 26.4. The highest BCUT2D eigenvalue weighted by atomic mass is 16.5. The van der Waals surface area contributed by atoms with Gasteiger partial charge in [-0.2, -0.15) is 0 Å². The van der Waals surface area contributed by atoms with Gasteiger partial charge in [-0.25, -0.2) is 4.98 Å². The van der Waals surface area contributed by atoms with E-state index < -0.39 is 6.85 Å². The molecule has 9 aromatic carbocycles. The molecule has 0 spiro atoms. The molecule has 0 bridgehead atoms. The second-order valence-electron chi connectivity index (χ2n) is 26.4. The highest BCUT2D eigenvalue weighted by molar-refractivity contribution is 6.09. The third kappa shape index (κ3) is 10.1. The second kappa shape index (κ2) is 20.4. The molecule has 0 saturated heterocycles. The molecule has 0 atom stereocenters. The summed E-state index contributed by atoms with van der Waals surface area (Å²) in [7, 11) is 0. The summed E-state index contributed by atoms with van der Waals surface area (Å²) in [4.78, 5) is 9.98. The molecule has 5 heteroatoms. The van der Waals surface area contributed by atoms with Gasteiger partial charge in [0.05, 0.1) is 28.1 Å². The van der Waals surface area contributed by atoms with Crippen LogP contribution < -0.4 is 14.5 Å². The Labute approximate surface area is 490 Å². The van der Waals surface area contributed by atoms with E-state index in [-0.39, 0.29) is 27.2 Å². The minimum absolute atomic E-state index is 0.0392. The third-order valence-corrected chi connectivity index (χ3v) is 16.4. The molecule has 82 heavy (non-hydrogen) atoms. The van der Waals surface area contributed by atoms with Crippen LogP contribution >= 0.6 is 0 Å². The van der Waals surface area contributed by atoms with Gasteiger partial charge >= 0.3 is 0 Å². The first-order chi connectivity index (χ1) is 40.3. The van der Waals surface area contributed by atoms with E-state index in [0.29, 0.717) is 29.5 Å². The van der Waals surface area contributed by atoms with E-state index in [1.165, 1.54) is 61.3 Å². The number of pyridine rings is 1. The van der Waals surface area contributed by atoms with Crippen LogP contribution in [0.4, 0.5) is 22.7 Å². The van der Waals surface area contributed by atoms with Gasteiger partial charge in [0, 0.05) is 55.6 Å². The number of para-hydroxylation sites is 3. The fourth-order valence-corrected chi connectivity index (χ4v) is 12.0. The van der Waals surface area contributed by atoms with Crippen molar-refractivity contribution in [2.24, 2.45) is 0 Å². The molecule has 0 radical (unpaired) electrons. The number of hydrogen-bond donors (Lipinski definition) is 0. The number of aromatic nitrogens is 2. The van der Waals surface area contributed by atoms with Crippen LogP contribution in [0.15, 0.2) is 212 Å². The molecule has 0 aliphatic carbocycles. The van der Waals surface area contributed by atoms with Crippen LogP contribution in [0.3, 0.4) is 0 Å². The van der Waals surface area contributed by atoms with Crippen LogP contribution in [0, 0.1) is 6.85 Å². The first kappa shape index (κ1) is 50.3. The largest absolute Gasteiger partial charge is 0.457 e. The van der Waals surface area contributed by atoms with Gasteiger partial charge in [-0.1, -0.05) is 217 Å². The van der Waals surface area contributed by atoms with Crippen molar-refractivity contribution in [2.45, 2.75) is 112 Å². The van der Waals surface area contributed by atoms with Crippen LogP contribution in [0.25, 0.3) is 72.1 Å². The van der Waals surface area contributed by atoms with Crippen molar-refractivity contribution in [3.05, 3.63) is 240 Å². The SMILES string of the molecule is [2H]C([2H])([2H])c1cc(-n2c3ccccc3c3ccc(Oc4cccc(N5CN(c6c(-c7ccccc7C(C)(C)C)cc(C(C)(C)C)cc6-c6ccc(-c7ccccc7)cc6C(C)(C)C)c6ccccc65)c4)cc32)ncc1-c1ccc(C(C)(C)C)cc1. The van der Waals surface area contributed by atoms with Crippen LogP contribution in [0.2, 0.25) is 0 Å². The highest BCUT2D eigenvalue weighted by Crippen LogP contribution is 2.54. The molecule has 2 aromatic heterocycles. The summed E-state index contributed by atoms with van der Waals surface area (Å²) in [5.74, 6) is 1.84. The molecule has 0 unspecified atom stereocenters. The number of aryl methyl sites for hydroxylation is 1. The van der Waals surface area contributed by atoms with Gasteiger partial charge in [0.1, 0.15) is 24.0 Å². The predicted molar refractivity (Wildman–Crippen MR) is 348 cm³/mol. The zero-order valence-corrected chi connectivity index (χ0v) is 49.6. The van der Waals surface area contributed by atoms with Gasteiger partial charge in [0.2, 0.25) is 0 Å². The summed E-state index contributed by atoms with van der Waals surface area (Å²) in [6.07, 6.45) is 1.72. The average molecular weight is 1080 g/mol. The number of benzene rings is 9. The normalized spacial score (nSPS) is 13.8. The van der Waals surface area contributed by atoms with E-state index in [1.807, 2.05) is 42.5 Å². The van der Waals surface area contributed by atoms with Crippen molar-refractivity contribution in [1.29, 1.82) is 0 Å². The van der Waals surface area contributed by atoms with Gasteiger partial charge in [0.25, 0.3) is 0 Å². The van der Waals surface area contributed by atoms with Gasteiger partial charge in [0.15, 0.2) is 0 Å². The first-order valence-corrected chi connectivity index (χ1v) is 28.9. The Hall–Kier alpha value is -8.67. The summed E-state index contributed by atoms with van der Waals surface area (Å²) in [6.45, 7) is 25.6. The van der Waals surface area contributed by atoms with Crippen LogP contribution in [-0.4, -0.2) is 16.2 Å². The van der Waals surface area contributed by atoms with Crippen LogP contribution in [0.1, 0.15) is 115 Å². The first-order valence-electron chi connectivity index (χ1n) is 30.4. The smallest absolute Gasteiger partial charge is 0.137 e. The molecule has 0 fully saturated rings. The highest BCUT2D eigenvalue weighted by Gasteiger charge is 2.35. The number of ether oxygens (including phenoxy) is 1. The molecule has 11 aromatic rings. The monoisotopic (exact) mass is 1080 g/mol. The van der Waals surface area contributed by atoms with Gasteiger partial charge in [-0.05, 0) is 145 Å². The molecule has 1 aliphatic heterocycles. The van der Waals surface area contributed by atoms with Crippen LogP contribution in [-0.2, 0) is 21.7 Å². The lowest BCUT2D eigenvalue weighted by Crippen LogP contribution is -2.26.